The van der Waals surface area contributed by atoms with Crippen molar-refractivity contribution < 1.29 is 8.78 Å². The number of hydrogen-bond acceptors (Lipinski definition) is 0. The van der Waals surface area contributed by atoms with Crippen LogP contribution in [0.2, 0.25) is 0 Å². The van der Waals surface area contributed by atoms with Crippen LogP contribution in [0.4, 0.5) is 8.78 Å². The van der Waals surface area contributed by atoms with Gasteiger partial charge in [0.05, 0.1) is 0 Å². The Bertz CT molecular complexity index is 894. The van der Waals surface area contributed by atoms with Crippen molar-refractivity contribution in [2.45, 2.75) is 27.2 Å². The Hall–Kier alpha value is -2.48. The Balaban J connectivity index is 2.20. The molecule has 0 aliphatic rings. The fourth-order valence-electron chi connectivity index (χ4n) is 3.10. The molecule has 0 spiro atoms. The fourth-order valence-corrected chi connectivity index (χ4v) is 3.10. The van der Waals surface area contributed by atoms with Crippen molar-refractivity contribution in [1.29, 1.82) is 0 Å². The lowest BCUT2D eigenvalue weighted by molar-refractivity contribution is 0.615. The van der Waals surface area contributed by atoms with E-state index in [2.05, 4.69) is 0 Å². The second-order valence-corrected chi connectivity index (χ2v) is 6.08. The Morgan fingerprint density at radius 3 is 2.17 bits per heavy atom. The average Bonchev–Trinajstić information content (AvgIpc) is 2.58. The van der Waals surface area contributed by atoms with Crippen LogP contribution in [0.1, 0.15) is 23.6 Å². The van der Waals surface area contributed by atoms with Crippen molar-refractivity contribution >= 4 is 0 Å². The first-order valence-corrected chi connectivity index (χ1v) is 8.16. The maximum atomic E-state index is 15.2. The van der Waals surface area contributed by atoms with Gasteiger partial charge in [0.25, 0.3) is 0 Å². The van der Waals surface area contributed by atoms with E-state index in [1.807, 2.05) is 50.2 Å². The third kappa shape index (κ3) is 2.84. The normalized spacial score (nSPS) is 10.9. The monoisotopic (exact) mass is 322 g/mol. The van der Waals surface area contributed by atoms with E-state index in [4.69, 9.17) is 0 Å². The Morgan fingerprint density at radius 2 is 1.46 bits per heavy atom. The SMILES string of the molecule is CCc1cc(-c2cccc(-c3ccccc3C)c2F)cc(F)c1C. The van der Waals surface area contributed by atoms with Gasteiger partial charge in [0.1, 0.15) is 11.6 Å². The van der Waals surface area contributed by atoms with E-state index in [0.29, 0.717) is 22.3 Å². The van der Waals surface area contributed by atoms with E-state index in [1.54, 1.807) is 19.1 Å². The van der Waals surface area contributed by atoms with Gasteiger partial charge in [-0.3, -0.25) is 0 Å². The molecule has 0 saturated heterocycles. The van der Waals surface area contributed by atoms with Gasteiger partial charge < -0.3 is 0 Å². The summed E-state index contributed by atoms with van der Waals surface area (Å²) >= 11 is 0. The molecule has 3 rings (SSSR count). The molecule has 122 valence electrons. The summed E-state index contributed by atoms with van der Waals surface area (Å²) in [5, 5.41) is 0. The minimum Gasteiger partial charge on any atom is -0.207 e. The molecule has 3 aromatic rings. The topological polar surface area (TPSA) is 0 Å². The van der Waals surface area contributed by atoms with Gasteiger partial charge in [-0.15, -0.1) is 0 Å². The highest BCUT2D eigenvalue weighted by atomic mass is 19.1. The number of benzene rings is 3. The molecule has 0 fully saturated rings. The number of aryl methyl sites for hydroxylation is 2. The van der Waals surface area contributed by atoms with Gasteiger partial charge in [0.15, 0.2) is 0 Å². The third-order valence-electron chi connectivity index (χ3n) is 4.58. The quantitative estimate of drug-likeness (QED) is 0.518. The number of halogens is 2. The van der Waals surface area contributed by atoms with Crippen LogP contribution < -0.4 is 0 Å². The molecule has 0 aromatic heterocycles. The van der Waals surface area contributed by atoms with E-state index in [0.717, 1.165) is 23.1 Å². The zero-order valence-electron chi connectivity index (χ0n) is 14.2. The molecule has 0 aliphatic carbocycles. The predicted octanol–water partition coefficient (Wildman–Crippen LogP) is 6.48. The van der Waals surface area contributed by atoms with Gasteiger partial charge in [-0.2, -0.15) is 0 Å². The highest BCUT2D eigenvalue weighted by Gasteiger charge is 2.15. The van der Waals surface area contributed by atoms with Gasteiger partial charge >= 0.3 is 0 Å². The van der Waals surface area contributed by atoms with Gasteiger partial charge in [-0.25, -0.2) is 8.78 Å². The molecule has 0 atom stereocenters. The van der Waals surface area contributed by atoms with E-state index < -0.39 is 0 Å². The predicted molar refractivity (Wildman–Crippen MR) is 96.1 cm³/mol. The van der Waals surface area contributed by atoms with Crippen molar-refractivity contribution in [2.75, 3.05) is 0 Å². The van der Waals surface area contributed by atoms with Crippen LogP contribution in [0.3, 0.4) is 0 Å². The van der Waals surface area contributed by atoms with Crippen molar-refractivity contribution in [1.82, 2.24) is 0 Å². The first-order valence-electron chi connectivity index (χ1n) is 8.16. The molecule has 3 aromatic carbocycles. The number of hydrogen-bond donors (Lipinski definition) is 0. The summed E-state index contributed by atoms with van der Waals surface area (Å²) in [5.74, 6) is -0.595. The van der Waals surface area contributed by atoms with Crippen molar-refractivity contribution in [3.8, 4) is 22.3 Å². The summed E-state index contributed by atoms with van der Waals surface area (Å²) in [6.07, 6.45) is 0.718. The van der Waals surface area contributed by atoms with Crippen molar-refractivity contribution in [3.63, 3.8) is 0 Å². The third-order valence-corrected chi connectivity index (χ3v) is 4.58. The maximum Gasteiger partial charge on any atom is 0.138 e. The minimum atomic E-state index is -0.308. The van der Waals surface area contributed by atoms with Crippen LogP contribution in [-0.4, -0.2) is 0 Å². The lowest BCUT2D eigenvalue weighted by atomic mass is 9.93. The molecular formula is C22H20F2. The lowest BCUT2D eigenvalue weighted by Crippen LogP contribution is -1.96. The molecule has 0 amide bonds. The van der Waals surface area contributed by atoms with Crippen LogP contribution in [-0.2, 0) is 6.42 Å². The van der Waals surface area contributed by atoms with Crippen LogP contribution in [0.5, 0.6) is 0 Å². The summed E-state index contributed by atoms with van der Waals surface area (Å²) in [6.45, 7) is 5.70. The molecule has 0 bridgehead atoms. The molecule has 0 saturated carbocycles. The minimum absolute atomic E-state index is 0.287. The summed E-state index contributed by atoms with van der Waals surface area (Å²) in [7, 11) is 0. The zero-order valence-corrected chi connectivity index (χ0v) is 14.2. The molecule has 0 heterocycles. The molecule has 2 heteroatoms. The molecule has 0 nitrogen and oxygen atoms in total. The second-order valence-electron chi connectivity index (χ2n) is 6.08. The highest BCUT2D eigenvalue weighted by molar-refractivity contribution is 5.76. The smallest absolute Gasteiger partial charge is 0.138 e. The summed E-state index contributed by atoms with van der Waals surface area (Å²) < 4.78 is 29.4. The maximum absolute atomic E-state index is 15.2. The highest BCUT2D eigenvalue weighted by Crippen LogP contribution is 2.33. The molecular weight excluding hydrogens is 302 g/mol. The largest absolute Gasteiger partial charge is 0.207 e. The van der Waals surface area contributed by atoms with Gasteiger partial charge in [0, 0.05) is 11.1 Å². The first kappa shape index (κ1) is 16.4. The summed E-state index contributed by atoms with van der Waals surface area (Å²) in [5.41, 5.74) is 4.98. The number of rotatable bonds is 3. The van der Waals surface area contributed by atoms with Gasteiger partial charge in [0.2, 0.25) is 0 Å². The first-order chi connectivity index (χ1) is 11.5. The molecule has 0 unspecified atom stereocenters. The Kier molecular flexibility index (Phi) is 4.48. The van der Waals surface area contributed by atoms with Crippen LogP contribution in [0, 0.1) is 25.5 Å². The van der Waals surface area contributed by atoms with Gasteiger partial charge in [-0.1, -0.05) is 55.5 Å². The van der Waals surface area contributed by atoms with E-state index in [1.165, 1.54) is 6.07 Å². The van der Waals surface area contributed by atoms with Crippen LogP contribution >= 0.6 is 0 Å². The summed E-state index contributed by atoms with van der Waals surface area (Å²) in [4.78, 5) is 0. The lowest BCUT2D eigenvalue weighted by Gasteiger charge is -2.13. The molecule has 0 aliphatic heterocycles. The van der Waals surface area contributed by atoms with Crippen LogP contribution in [0.25, 0.3) is 22.3 Å². The summed E-state index contributed by atoms with van der Waals surface area (Å²) in [6, 6.07) is 16.3. The molecule has 0 N–H and O–H groups in total. The molecule has 24 heavy (non-hydrogen) atoms. The zero-order chi connectivity index (χ0) is 17.3. The van der Waals surface area contributed by atoms with E-state index in [9.17, 15) is 4.39 Å². The van der Waals surface area contributed by atoms with Crippen LogP contribution in [0.15, 0.2) is 54.6 Å². The average molecular weight is 322 g/mol. The van der Waals surface area contributed by atoms with Crippen molar-refractivity contribution in [2.24, 2.45) is 0 Å². The fraction of sp³-hybridized carbons (Fsp3) is 0.182. The van der Waals surface area contributed by atoms with E-state index in [-0.39, 0.29) is 11.6 Å². The van der Waals surface area contributed by atoms with Gasteiger partial charge in [-0.05, 0) is 54.2 Å². The Morgan fingerprint density at radius 1 is 0.792 bits per heavy atom. The standard InChI is InChI=1S/C22H20F2/c1-4-16-12-17(13-21(23)15(16)3)19-10-7-11-20(22(19)24)18-9-6-5-8-14(18)2/h5-13H,4H2,1-3H3. The second kappa shape index (κ2) is 6.56. The van der Waals surface area contributed by atoms with Crippen molar-refractivity contribution in [3.05, 3.63) is 82.9 Å². The van der Waals surface area contributed by atoms with E-state index >= 15 is 4.39 Å². The molecule has 0 radical (unpaired) electrons. The Labute approximate surface area is 141 Å².